The number of phenols is 1. The molecule has 0 aliphatic carbocycles. The summed E-state index contributed by atoms with van der Waals surface area (Å²) in [7, 11) is 0. The predicted molar refractivity (Wildman–Crippen MR) is 106 cm³/mol. The monoisotopic (exact) mass is 399 g/mol. The summed E-state index contributed by atoms with van der Waals surface area (Å²) in [5, 5.41) is 32.3. The Labute approximate surface area is 165 Å². The van der Waals surface area contributed by atoms with Crippen molar-refractivity contribution in [1.29, 1.82) is 0 Å². The van der Waals surface area contributed by atoms with Crippen molar-refractivity contribution in [2.45, 2.75) is 13.3 Å². The Balaban J connectivity index is 1.95. The van der Waals surface area contributed by atoms with Crippen LogP contribution in [-0.2, 0) is 6.42 Å². The van der Waals surface area contributed by atoms with E-state index in [4.69, 9.17) is 17.0 Å². The van der Waals surface area contributed by atoms with Gasteiger partial charge in [-0.05, 0) is 30.8 Å². The molecule has 0 saturated carbocycles. The Kier molecular flexibility index (Phi) is 5.80. The lowest BCUT2D eigenvalue weighted by molar-refractivity contribution is -0.386. The molecule has 0 fully saturated rings. The van der Waals surface area contributed by atoms with Crippen LogP contribution in [0.15, 0.2) is 47.6 Å². The lowest BCUT2D eigenvalue weighted by Crippen LogP contribution is -2.01. The van der Waals surface area contributed by atoms with Gasteiger partial charge in [-0.3, -0.25) is 15.2 Å². The molecule has 0 bridgehead atoms. The van der Waals surface area contributed by atoms with E-state index in [9.17, 15) is 15.2 Å². The van der Waals surface area contributed by atoms with Crippen LogP contribution in [0.3, 0.4) is 0 Å². The molecule has 0 atom stereocenters. The fraction of sp³-hybridized carbons (Fsp3) is 0.167. The van der Waals surface area contributed by atoms with Crippen LogP contribution in [0.4, 0.5) is 5.69 Å². The number of aromatic amines is 1. The van der Waals surface area contributed by atoms with E-state index in [1.54, 1.807) is 6.92 Å². The number of H-pyrrole nitrogens is 1. The molecule has 3 rings (SSSR count). The second kappa shape index (κ2) is 8.44. The van der Waals surface area contributed by atoms with Gasteiger partial charge in [-0.25, -0.2) is 0 Å². The molecule has 0 aliphatic heterocycles. The fourth-order valence-electron chi connectivity index (χ4n) is 2.55. The number of hydrogen-bond acceptors (Lipinski definition) is 7. The van der Waals surface area contributed by atoms with Gasteiger partial charge in [0.2, 0.25) is 10.5 Å². The van der Waals surface area contributed by atoms with Gasteiger partial charge in [-0.2, -0.15) is 14.9 Å². The third-order valence-electron chi connectivity index (χ3n) is 3.82. The van der Waals surface area contributed by atoms with Crippen molar-refractivity contribution in [3.05, 3.63) is 74.3 Å². The molecule has 0 unspecified atom stereocenters. The van der Waals surface area contributed by atoms with Crippen LogP contribution in [0.5, 0.6) is 11.5 Å². The summed E-state index contributed by atoms with van der Waals surface area (Å²) in [6, 6.07) is 12.4. The van der Waals surface area contributed by atoms with Gasteiger partial charge < -0.3 is 9.84 Å². The highest BCUT2D eigenvalue weighted by Gasteiger charge is 2.19. The summed E-state index contributed by atoms with van der Waals surface area (Å²) in [5.41, 5.74) is 0.946. The van der Waals surface area contributed by atoms with Crippen LogP contribution in [0.25, 0.3) is 0 Å². The van der Waals surface area contributed by atoms with E-state index < -0.39 is 16.4 Å². The zero-order chi connectivity index (χ0) is 20.1. The second-order valence-corrected chi connectivity index (χ2v) is 6.13. The number of hydrogen-bond donors (Lipinski definition) is 2. The maximum atomic E-state index is 11.2. The zero-order valence-electron chi connectivity index (χ0n) is 14.9. The molecule has 0 aliphatic rings. The minimum atomic E-state index is -0.681. The van der Waals surface area contributed by atoms with Crippen molar-refractivity contribution in [3.8, 4) is 11.5 Å². The molecule has 144 valence electrons. The minimum Gasteiger partial charge on any atom is -0.500 e. The molecule has 0 radical (unpaired) electrons. The first-order valence-corrected chi connectivity index (χ1v) is 8.79. The molecule has 1 aromatic heterocycles. The molecule has 0 amide bonds. The second-order valence-electron chi connectivity index (χ2n) is 5.74. The number of rotatable bonds is 7. The standard InChI is InChI=1S/C18H17N5O4S/c1-2-27-15-9-13(8-14(17(15)24)23(25)26)11-19-22-16(20-21-18(22)28)10-12-6-4-3-5-7-12/h3-9,11,24H,2,10H2,1H3,(H,21,28)/b19-11-. The largest absolute Gasteiger partial charge is 0.500 e. The first-order chi connectivity index (χ1) is 13.5. The summed E-state index contributed by atoms with van der Waals surface area (Å²) in [6.45, 7) is 1.96. The van der Waals surface area contributed by atoms with Crippen molar-refractivity contribution in [1.82, 2.24) is 14.9 Å². The molecular formula is C18H17N5O4S. The molecule has 9 nitrogen and oxygen atoms in total. The van der Waals surface area contributed by atoms with E-state index in [2.05, 4.69) is 15.3 Å². The van der Waals surface area contributed by atoms with Gasteiger partial charge in [0.15, 0.2) is 11.6 Å². The van der Waals surface area contributed by atoms with Crippen LogP contribution in [-0.4, -0.2) is 37.7 Å². The van der Waals surface area contributed by atoms with E-state index in [1.807, 2.05) is 30.3 Å². The van der Waals surface area contributed by atoms with Crippen LogP contribution in [0, 0.1) is 14.9 Å². The van der Waals surface area contributed by atoms with Gasteiger partial charge in [-0.1, -0.05) is 30.3 Å². The van der Waals surface area contributed by atoms with Gasteiger partial charge in [0.1, 0.15) is 0 Å². The van der Waals surface area contributed by atoms with Crippen LogP contribution in [0.2, 0.25) is 0 Å². The Bertz CT molecular complexity index is 1080. The van der Waals surface area contributed by atoms with E-state index in [-0.39, 0.29) is 12.4 Å². The lowest BCUT2D eigenvalue weighted by atomic mass is 10.1. The van der Waals surface area contributed by atoms with Crippen molar-refractivity contribution in [2.75, 3.05) is 6.61 Å². The summed E-state index contributed by atoms with van der Waals surface area (Å²) < 4.78 is 7.01. The molecule has 0 spiro atoms. The van der Waals surface area contributed by atoms with Gasteiger partial charge in [0, 0.05) is 18.1 Å². The summed E-state index contributed by atoms with van der Waals surface area (Å²) in [5.74, 6) is 0.0814. The lowest BCUT2D eigenvalue weighted by Gasteiger charge is -2.07. The number of nitro benzene ring substituents is 1. The average molecular weight is 399 g/mol. The van der Waals surface area contributed by atoms with E-state index in [0.29, 0.717) is 22.6 Å². The average Bonchev–Trinajstić information content (AvgIpc) is 3.02. The molecule has 3 aromatic rings. The summed E-state index contributed by atoms with van der Waals surface area (Å²) in [6.07, 6.45) is 1.90. The third-order valence-corrected chi connectivity index (χ3v) is 4.08. The van der Waals surface area contributed by atoms with Crippen molar-refractivity contribution in [3.63, 3.8) is 0 Å². The van der Waals surface area contributed by atoms with Gasteiger partial charge in [-0.15, -0.1) is 0 Å². The topological polar surface area (TPSA) is 119 Å². The molecule has 1 heterocycles. The third kappa shape index (κ3) is 4.23. The van der Waals surface area contributed by atoms with Crippen LogP contribution in [0.1, 0.15) is 23.9 Å². The Morgan fingerprint density at radius 3 is 2.82 bits per heavy atom. The van der Waals surface area contributed by atoms with E-state index >= 15 is 0 Å². The molecule has 2 N–H and O–H groups in total. The number of aromatic nitrogens is 3. The first-order valence-electron chi connectivity index (χ1n) is 8.38. The number of ether oxygens (including phenoxy) is 1. The highest BCUT2D eigenvalue weighted by molar-refractivity contribution is 7.71. The first kappa shape index (κ1) is 19.2. The number of aromatic hydroxyl groups is 1. The Morgan fingerprint density at radius 1 is 1.39 bits per heavy atom. The highest BCUT2D eigenvalue weighted by Crippen LogP contribution is 2.36. The Morgan fingerprint density at radius 2 is 2.14 bits per heavy atom. The maximum absolute atomic E-state index is 11.2. The SMILES string of the molecule is CCOc1cc(/C=N\n2c(Cc3ccccc3)n[nH]c2=S)cc([N+](=O)[O-])c1O. The van der Waals surface area contributed by atoms with Crippen molar-refractivity contribution < 1.29 is 14.8 Å². The van der Waals surface area contributed by atoms with Crippen LogP contribution >= 0.6 is 12.2 Å². The van der Waals surface area contributed by atoms with E-state index in [1.165, 1.54) is 23.0 Å². The fourth-order valence-corrected chi connectivity index (χ4v) is 2.75. The van der Waals surface area contributed by atoms with Crippen LogP contribution < -0.4 is 4.74 Å². The summed E-state index contributed by atoms with van der Waals surface area (Å²) in [4.78, 5) is 10.5. The highest BCUT2D eigenvalue weighted by atomic mass is 32.1. The number of phenolic OH excluding ortho intramolecular Hbond substituents is 1. The smallest absolute Gasteiger partial charge is 0.315 e. The van der Waals surface area contributed by atoms with Gasteiger partial charge in [0.25, 0.3) is 0 Å². The molecule has 10 heteroatoms. The number of benzene rings is 2. The minimum absolute atomic E-state index is 0.0125. The predicted octanol–water partition coefficient (Wildman–Crippen LogP) is 3.43. The normalized spacial score (nSPS) is 11.0. The summed E-state index contributed by atoms with van der Waals surface area (Å²) >= 11 is 5.22. The van der Waals surface area contributed by atoms with Gasteiger partial charge >= 0.3 is 5.69 Å². The van der Waals surface area contributed by atoms with E-state index in [0.717, 1.165) is 5.56 Å². The zero-order valence-corrected chi connectivity index (χ0v) is 15.7. The molecule has 28 heavy (non-hydrogen) atoms. The molecule has 0 saturated heterocycles. The van der Waals surface area contributed by atoms with Crippen molar-refractivity contribution in [2.24, 2.45) is 5.10 Å². The van der Waals surface area contributed by atoms with Crippen molar-refractivity contribution >= 4 is 24.1 Å². The molecular weight excluding hydrogens is 382 g/mol. The number of nitro groups is 1. The number of nitrogens with one attached hydrogen (secondary N) is 1. The quantitative estimate of drug-likeness (QED) is 0.272. The maximum Gasteiger partial charge on any atom is 0.315 e. The number of nitrogens with zero attached hydrogens (tertiary/aromatic N) is 4. The van der Waals surface area contributed by atoms with Gasteiger partial charge in [0.05, 0.1) is 17.7 Å². The molecule has 2 aromatic carbocycles. The Hall–Kier alpha value is -3.53.